The van der Waals surface area contributed by atoms with Gasteiger partial charge in [-0.1, -0.05) is 49.4 Å². The molecular formula is C19H23NO3. The van der Waals surface area contributed by atoms with Gasteiger partial charge in [0.2, 0.25) is 0 Å². The lowest BCUT2D eigenvalue weighted by Crippen LogP contribution is -2.39. The molecule has 1 amide bonds. The molecule has 0 radical (unpaired) electrons. The van der Waals surface area contributed by atoms with Gasteiger partial charge in [0.1, 0.15) is 5.75 Å². The minimum Gasteiger partial charge on any atom is -0.496 e. The van der Waals surface area contributed by atoms with Gasteiger partial charge in [-0.3, -0.25) is 4.79 Å². The summed E-state index contributed by atoms with van der Waals surface area (Å²) in [6.45, 7) is 2.34. The molecule has 23 heavy (non-hydrogen) atoms. The van der Waals surface area contributed by atoms with Crippen LogP contribution in [0.15, 0.2) is 54.6 Å². The van der Waals surface area contributed by atoms with E-state index in [0.717, 1.165) is 5.56 Å². The third kappa shape index (κ3) is 4.57. The zero-order valence-corrected chi connectivity index (χ0v) is 13.6. The first-order valence-electron chi connectivity index (χ1n) is 7.64. The molecule has 0 saturated carbocycles. The minimum absolute atomic E-state index is 0.00585. The summed E-state index contributed by atoms with van der Waals surface area (Å²) in [7, 11) is 1.54. The summed E-state index contributed by atoms with van der Waals surface area (Å²) in [6.07, 6.45) is 0.691. The second-order valence-electron chi connectivity index (χ2n) is 6.01. The lowest BCUT2D eigenvalue weighted by molar-refractivity contribution is 0.0892. The Kier molecular flexibility index (Phi) is 5.77. The molecule has 4 heteroatoms. The highest BCUT2D eigenvalue weighted by molar-refractivity contribution is 5.96. The number of carbonyl (C=O) groups is 1. The largest absolute Gasteiger partial charge is 0.496 e. The summed E-state index contributed by atoms with van der Waals surface area (Å²) in [6, 6.07) is 17.1. The molecule has 2 aromatic rings. The highest BCUT2D eigenvalue weighted by atomic mass is 16.5. The van der Waals surface area contributed by atoms with E-state index in [1.165, 1.54) is 0 Å². The van der Waals surface area contributed by atoms with Gasteiger partial charge < -0.3 is 15.2 Å². The summed E-state index contributed by atoms with van der Waals surface area (Å²) in [5, 5.41) is 12.7. The van der Waals surface area contributed by atoms with Crippen molar-refractivity contribution in [2.45, 2.75) is 13.3 Å². The molecule has 122 valence electrons. The molecule has 0 bridgehead atoms. The van der Waals surface area contributed by atoms with Crippen LogP contribution in [-0.2, 0) is 6.42 Å². The number of para-hydroxylation sites is 1. The van der Waals surface area contributed by atoms with Gasteiger partial charge in [0.05, 0.1) is 19.3 Å². The number of hydrogen-bond acceptors (Lipinski definition) is 3. The van der Waals surface area contributed by atoms with Gasteiger partial charge in [0.15, 0.2) is 0 Å². The van der Waals surface area contributed by atoms with Crippen LogP contribution in [0.5, 0.6) is 5.75 Å². The van der Waals surface area contributed by atoms with Gasteiger partial charge in [0, 0.05) is 12.0 Å². The normalized spacial score (nSPS) is 13.2. The molecule has 2 aromatic carbocycles. The first-order valence-corrected chi connectivity index (χ1v) is 7.64. The van der Waals surface area contributed by atoms with E-state index in [4.69, 9.17) is 4.74 Å². The summed E-state index contributed by atoms with van der Waals surface area (Å²) >= 11 is 0. The van der Waals surface area contributed by atoms with Crippen LogP contribution in [0.2, 0.25) is 0 Å². The maximum Gasteiger partial charge on any atom is 0.255 e. The van der Waals surface area contributed by atoms with Crippen molar-refractivity contribution in [1.82, 2.24) is 5.32 Å². The lowest BCUT2D eigenvalue weighted by Gasteiger charge is -2.28. The summed E-state index contributed by atoms with van der Waals surface area (Å²) < 4.78 is 5.21. The molecular weight excluding hydrogens is 290 g/mol. The molecule has 2 rings (SSSR count). The molecule has 0 aromatic heterocycles. The van der Waals surface area contributed by atoms with Crippen molar-refractivity contribution in [3.63, 3.8) is 0 Å². The van der Waals surface area contributed by atoms with Crippen LogP contribution in [0, 0.1) is 5.41 Å². The number of aliphatic hydroxyl groups excluding tert-OH is 1. The maximum atomic E-state index is 12.4. The van der Waals surface area contributed by atoms with Gasteiger partial charge in [-0.25, -0.2) is 0 Å². The number of hydrogen-bond donors (Lipinski definition) is 2. The van der Waals surface area contributed by atoms with Crippen LogP contribution < -0.4 is 10.1 Å². The van der Waals surface area contributed by atoms with Crippen LogP contribution in [0.1, 0.15) is 22.8 Å². The number of benzene rings is 2. The summed E-state index contributed by atoms with van der Waals surface area (Å²) in [5.74, 6) is 0.342. The van der Waals surface area contributed by atoms with E-state index >= 15 is 0 Å². The van der Waals surface area contributed by atoms with E-state index in [1.807, 2.05) is 43.3 Å². The van der Waals surface area contributed by atoms with Crippen molar-refractivity contribution in [2.75, 3.05) is 20.3 Å². The topological polar surface area (TPSA) is 58.6 Å². The molecule has 0 spiro atoms. The van der Waals surface area contributed by atoms with Crippen LogP contribution in [-0.4, -0.2) is 31.3 Å². The van der Waals surface area contributed by atoms with E-state index in [2.05, 4.69) is 5.32 Å². The predicted molar refractivity (Wildman–Crippen MR) is 90.7 cm³/mol. The molecule has 1 atom stereocenters. The Hall–Kier alpha value is -2.33. The third-order valence-electron chi connectivity index (χ3n) is 3.88. The van der Waals surface area contributed by atoms with E-state index in [9.17, 15) is 9.90 Å². The highest BCUT2D eigenvalue weighted by Crippen LogP contribution is 2.22. The van der Waals surface area contributed by atoms with E-state index in [0.29, 0.717) is 24.3 Å². The average Bonchev–Trinajstić information content (AvgIpc) is 2.60. The Bertz CT molecular complexity index is 642. The van der Waals surface area contributed by atoms with E-state index in [1.54, 1.807) is 25.3 Å². The molecule has 4 nitrogen and oxygen atoms in total. The molecule has 0 aliphatic rings. The van der Waals surface area contributed by atoms with E-state index in [-0.39, 0.29) is 12.5 Å². The minimum atomic E-state index is -0.418. The van der Waals surface area contributed by atoms with Gasteiger partial charge in [-0.05, 0) is 24.1 Å². The summed E-state index contributed by atoms with van der Waals surface area (Å²) in [5.41, 5.74) is 1.21. The monoisotopic (exact) mass is 313 g/mol. The van der Waals surface area contributed by atoms with Gasteiger partial charge in [0.25, 0.3) is 5.91 Å². The Morgan fingerprint density at radius 1 is 1.13 bits per heavy atom. The van der Waals surface area contributed by atoms with Crippen molar-refractivity contribution >= 4 is 5.91 Å². The number of aliphatic hydroxyl groups is 1. The van der Waals surface area contributed by atoms with Crippen molar-refractivity contribution in [1.29, 1.82) is 0 Å². The lowest BCUT2D eigenvalue weighted by atomic mass is 9.84. The highest BCUT2D eigenvalue weighted by Gasteiger charge is 2.25. The number of methoxy groups -OCH3 is 1. The van der Waals surface area contributed by atoms with Crippen molar-refractivity contribution < 1.29 is 14.6 Å². The third-order valence-corrected chi connectivity index (χ3v) is 3.88. The van der Waals surface area contributed by atoms with Gasteiger partial charge in [-0.15, -0.1) is 0 Å². The Labute approximate surface area is 137 Å². The molecule has 0 fully saturated rings. The predicted octanol–water partition coefficient (Wildman–Crippen LogP) is 2.67. The maximum absolute atomic E-state index is 12.4. The number of amides is 1. The van der Waals surface area contributed by atoms with Gasteiger partial charge in [-0.2, -0.15) is 0 Å². The van der Waals surface area contributed by atoms with E-state index < -0.39 is 5.41 Å². The van der Waals surface area contributed by atoms with Gasteiger partial charge >= 0.3 is 0 Å². The number of nitrogens with one attached hydrogen (secondary N) is 1. The Morgan fingerprint density at radius 3 is 2.43 bits per heavy atom. The Balaban J connectivity index is 2.03. The number of rotatable bonds is 7. The SMILES string of the molecule is COc1ccccc1C(=O)NCC(C)(CO)Cc1ccccc1. The van der Waals surface area contributed by atoms with Crippen LogP contribution >= 0.6 is 0 Å². The first-order chi connectivity index (χ1) is 11.1. The fourth-order valence-electron chi connectivity index (χ4n) is 2.48. The smallest absolute Gasteiger partial charge is 0.255 e. The Morgan fingerprint density at radius 2 is 1.78 bits per heavy atom. The molecule has 0 aliphatic heterocycles. The quantitative estimate of drug-likeness (QED) is 0.826. The molecule has 1 unspecified atom stereocenters. The van der Waals surface area contributed by atoms with Crippen molar-refractivity contribution in [3.8, 4) is 5.75 Å². The molecule has 2 N–H and O–H groups in total. The van der Waals surface area contributed by atoms with Crippen LogP contribution in [0.4, 0.5) is 0 Å². The summed E-state index contributed by atoms with van der Waals surface area (Å²) in [4.78, 5) is 12.4. The fraction of sp³-hybridized carbons (Fsp3) is 0.316. The zero-order valence-electron chi connectivity index (χ0n) is 13.6. The second-order valence-corrected chi connectivity index (χ2v) is 6.01. The first kappa shape index (κ1) is 17.0. The molecule has 0 heterocycles. The average molecular weight is 313 g/mol. The molecule has 0 saturated heterocycles. The fourth-order valence-corrected chi connectivity index (χ4v) is 2.48. The standard InChI is InChI=1S/C19H23NO3/c1-19(14-21,12-15-8-4-3-5-9-15)13-20-18(22)16-10-6-7-11-17(16)23-2/h3-11,21H,12-14H2,1-2H3,(H,20,22). The number of ether oxygens (including phenoxy) is 1. The number of carbonyl (C=O) groups excluding carboxylic acids is 1. The van der Waals surface area contributed by atoms with Crippen LogP contribution in [0.3, 0.4) is 0 Å². The van der Waals surface area contributed by atoms with Crippen molar-refractivity contribution in [2.24, 2.45) is 5.41 Å². The zero-order chi connectivity index (χ0) is 16.7. The second kappa shape index (κ2) is 7.79. The van der Waals surface area contributed by atoms with Crippen LogP contribution in [0.25, 0.3) is 0 Å². The molecule has 0 aliphatic carbocycles. The van der Waals surface area contributed by atoms with Crippen molar-refractivity contribution in [3.05, 3.63) is 65.7 Å².